The van der Waals surface area contributed by atoms with Crippen molar-refractivity contribution >= 4 is 13.7 Å². The highest BCUT2D eigenvalue weighted by atomic mass is 31.2. The Kier molecular flexibility index (Phi) is 53.5. The standard InChI is InChI=1S/C62H125N2O6P/c1-6-8-10-12-14-16-18-20-22-24-26-27-28-29-30-31-32-33-34-35-36-37-38-39-41-43-45-47-49-51-53-55-61(65)60(59-70-71(67,68)69-58-57-64(3,4)5)63-62(66)56-54-52-50-48-46-44-42-40-25-23-21-19-17-15-13-11-9-7-2/h23,25,60-61,65H,6-22,24,26-59H2,1-5H3,(H-,63,66,67,68)/b25-23-. The van der Waals surface area contributed by atoms with Gasteiger partial charge in [0, 0.05) is 6.42 Å². The quantitative estimate of drug-likeness (QED) is 0.0272. The van der Waals surface area contributed by atoms with E-state index < -0.39 is 20.0 Å². The van der Waals surface area contributed by atoms with Crippen LogP contribution in [-0.2, 0) is 18.4 Å². The van der Waals surface area contributed by atoms with E-state index in [0.29, 0.717) is 23.9 Å². The number of likely N-dealkylation sites (N-methyl/N-ethyl adjacent to an activating group) is 1. The lowest BCUT2D eigenvalue weighted by molar-refractivity contribution is -0.870. The first kappa shape index (κ1) is 70.2. The molecule has 0 fully saturated rings. The fraction of sp³-hybridized carbons (Fsp3) is 0.952. The molecule has 3 atom stereocenters. The highest BCUT2D eigenvalue weighted by Gasteiger charge is 2.24. The molecule has 0 radical (unpaired) electrons. The van der Waals surface area contributed by atoms with Crippen molar-refractivity contribution < 1.29 is 32.9 Å². The number of unbranched alkanes of at least 4 members (excludes halogenated alkanes) is 44. The highest BCUT2D eigenvalue weighted by molar-refractivity contribution is 7.45. The summed E-state index contributed by atoms with van der Waals surface area (Å²) in [6, 6.07) is -0.801. The van der Waals surface area contributed by atoms with Gasteiger partial charge in [-0.3, -0.25) is 9.36 Å². The molecule has 0 spiro atoms. The Hall–Kier alpha value is -0.760. The van der Waals surface area contributed by atoms with Crippen molar-refractivity contribution in [1.82, 2.24) is 5.32 Å². The molecule has 0 rings (SSSR count). The SMILES string of the molecule is CCCCCCCCC/C=C\CCCCCCCCCC(=O)NC(COP(=O)([O-])OCC[N+](C)(C)C)C(O)CCCCCCCCCCCCCCCCCCCCCCCCCCCCCCCCC. The van der Waals surface area contributed by atoms with Gasteiger partial charge in [0.05, 0.1) is 39.9 Å². The van der Waals surface area contributed by atoms with E-state index >= 15 is 0 Å². The second-order valence-corrected chi connectivity index (χ2v) is 24.5. The molecule has 0 aliphatic carbocycles. The normalized spacial score (nSPS) is 13.8. The third-order valence-electron chi connectivity index (χ3n) is 14.8. The average molecular weight is 1030 g/mol. The molecule has 71 heavy (non-hydrogen) atoms. The summed E-state index contributed by atoms with van der Waals surface area (Å²) < 4.78 is 23.5. The molecule has 0 saturated heterocycles. The van der Waals surface area contributed by atoms with E-state index in [1.807, 2.05) is 21.1 Å². The molecule has 0 aromatic rings. The number of amides is 1. The van der Waals surface area contributed by atoms with Gasteiger partial charge in [-0.05, 0) is 38.5 Å². The zero-order valence-corrected chi connectivity index (χ0v) is 49.4. The van der Waals surface area contributed by atoms with Crippen LogP contribution in [0.2, 0.25) is 0 Å². The van der Waals surface area contributed by atoms with Crippen LogP contribution in [0.5, 0.6) is 0 Å². The summed E-state index contributed by atoms with van der Waals surface area (Å²) in [5, 5.41) is 14.1. The number of allylic oxidation sites excluding steroid dienone is 2. The van der Waals surface area contributed by atoms with Gasteiger partial charge in [-0.15, -0.1) is 0 Å². The van der Waals surface area contributed by atoms with Crippen LogP contribution in [0.25, 0.3) is 0 Å². The van der Waals surface area contributed by atoms with Crippen LogP contribution in [0.1, 0.15) is 328 Å². The van der Waals surface area contributed by atoms with Crippen molar-refractivity contribution in [2.24, 2.45) is 0 Å². The van der Waals surface area contributed by atoms with Crippen LogP contribution < -0.4 is 10.2 Å². The summed E-state index contributed by atoms with van der Waals surface area (Å²) in [5.41, 5.74) is 0. The minimum absolute atomic E-state index is 0.0138. The number of carbonyl (C=O) groups is 1. The Morgan fingerprint density at radius 1 is 0.479 bits per heavy atom. The van der Waals surface area contributed by atoms with Gasteiger partial charge in [-0.25, -0.2) is 0 Å². The second-order valence-electron chi connectivity index (χ2n) is 23.1. The monoisotopic (exact) mass is 1020 g/mol. The van der Waals surface area contributed by atoms with Crippen molar-refractivity contribution in [1.29, 1.82) is 0 Å². The third-order valence-corrected chi connectivity index (χ3v) is 15.7. The molecule has 9 heteroatoms. The van der Waals surface area contributed by atoms with Gasteiger partial charge in [0.15, 0.2) is 0 Å². The number of carbonyl (C=O) groups excluding carboxylic acids is 1. The largest absolute Gasteiger partial charge is 0.756 e. The Morgan fingerprint density at radius 2 is 0.775 bits per heavy atom. The van der Waals surface area contributed by atoms with E-state index in [4.69, 9.17) is 9.05 Å². The van der Waals surface area contributed by atoms with Gasteiger partial charge in [-0.1, -0.05) is 296 Å². The van der Waals surface area contributed by atoms with Crippen molar-refractivity contribution in [3.8, 4) is 0 Å². The van der Waals surface area contributed by atoms with E-state index in [0.717, 1.165) is 38.5 Å². The number of quaternary nitrogens is 1. The number of aliphatic hydroxyl groups excluding tert-OH is 1. The number of nitrogens with zero attached hydrogens (tertiary/aromatic N) is 1. The lowest BCUT2D eigenvalue weighted by Crippen LogP contribution is -2.46. The van der Waals surface area contributed by atoms with Gasteiger partial charge >= 0.3 is 0 Å². The molecule has 0 aromatic carbocycles. The lowest BCUT2D eigenvalue weighted by atomic mass is 10.0. The van der Waals surface area contributed by atoms with Crippen molar-refractivity contribution in [3.63, 3.8) is 0 Å². The molecule has 0 bridgehead atoms. The number of hydrogen-bond donors (Lipinski definition) is 2. The van der Waals surface area contributed by atoms with Gasteiger partial charge in [-0.2, -0.15) is 0 Å². The van der Waals surface area contributed by atoms with Crippen LogP contribution in [-0.4, -0.2) is 68.5 Å². The summed E-state index contributed by atoms with van der Waals surface area (Å²) >= 11 is 0. The van der Waals surface area contributed by atoms with E-state index in [9.17, 15) is 19.4 Å². The van der Waals surface area contributed by atoms with Crippen LogP contribution in [0, 0.1) is 0 Å². The molecule has 424 valence electrons. The maximum atomic E-state index is 13.0. The Labute approximate surface area is 443 Å². The molecular formula is C62H125N2O6P. The van der Waals surface area contributed by atoms with Gasteiger partial charge < -0.3 is 28.8 Å². The van der Waals surface area contributed by atoms with Crippen LogP contribution in [0.4, 0.5) is 0 Å². The van der Waals surface area contributed by atoms with Gasteiger partial charge in [0.25, 0.3) is 7.82 Å². The van der Waals surface area contributed by atoms with Gasteiger partial charge in [0.2, 0.25) is 5.91 Å². The van der Waals surface area contributed by atoms with E-state index in [1.54, 1.807) is 0 Å². The Bertz CT molecular complexity index is 1160. The predicted octanol–water partition coefficient (Wildman–Crippen LogP) is 18.8. The van der Waals surface area contributed by atoms with Crippen LogP contribution >= 0.6 is 7.82 Å². The smallest absolute Gasteiger partial charge is 0.268 e. The number of aliphatic hydroxyl groups is 1. The van der Waals surface area contributed by atoms with Gasteiger partial charge in [0.1, 0.15) is 13.2 Å². The fourth-order valence-corrected chi connectivity index (χ4v) is 10.5. The molecule has 0 heterocycles. The Balaban J connectivity index is 4.02. The van der Waals surface area contributed by atoms with E-state index in [-0.39, 0.29) is 19.1 Å². The fourth-order valence-electron chi connectivity index (χ4n) is 9.80. The highest BCUT2D eigenvalue weighted by Crippen LogP contribution is 2.38. The summed E-state index contributed by atoms with van der Waals surface area (Å²) in [5.74, 6) is -0.163. The number of phosphoric acid groups is 1. The molecule has 2 N–H and O–H groups in total. The van der Waals surface area contributed by atoms with Crippen molar-refractivity contribution in [2.75, 3.05) is 40.9 Å². The number of hydrogen-bond acceptors (Lipinski definition) is 6. The van der Waals surface area contributed by atoms with Crippen molar-refractivity contribution in [3.05, 3.63) is 12.2 Å². The second kappa shape index (κ2) is 54.0. The maximum absolute atomic E-state index is 13.0. The Morgan fingerprint density at radius 3 is 1.10 bits per heavy atom. The third kappa shape index (κ3) is 56.8. The molecule has 8 nitrogen and oxygen atoms in total. The lowest BCUT2D eigenvalue weighted by Gasteiger charge is -2.30. The molecule has 0 saturated carbocycles. The van der Waals surface area contributed by atoms with Crippen LogP contribution in [0.3, 0.4) is 0 Å². The first-order chi connectivity index (χ1) is 34.5. The summed E-state index contributed by atoms with van der Waals surface area (Å²) in [4.78, 5) is 25.6. The minimum atomic E-state index is -4.57. The summed E-state index contributed by atoms with van der Waals surface area (Å²) in [6.07, 6.45) is 67.0. The van der Waals surface area contributed by atoms with Crippen molar-refractivity contribution in [2.45, 2.75) is 341 Å². The molecule has 0 aliphatic heterocycles. The molecule has 1 amide bonds. The van der Waals surface area contributed by atoms with E-state index in [2.05, 4.69) is 31.3 Å². The maximum Gasteiger partial charge on any atom is 0.268 e. The summed E-state index contributed by atoms with van der Waals surface area (Å²) in [6.45, 7) is 4.77. The zero-order chi connectivity index (χ0) is 52.0. The minimum Gasteiger partial charge on any atom is -0.756 e. The molecular weight excluding hydrogens is 900 g/mol. The van der Waals surface area contributed by atoms with Crippen LogP contribution in [0.15, 0.2) is 12.2 Å². The average Bonchev–Trinajstić information content (AvgIpc) is 3.33. The first-order valence-corrected chi connectivity index (χ1v) is 33.0. The molecule has 0 aliphatic rings. The topological polar surface area (TPSA) is 108 Å². The number of phosphoric ester groups is 1. The number of nitrogens with one attached hydrogen (secondary N) is 1. The number of rotatable bonds is 59. The molecule has 0 aromatic heterocycles. The molecule has 3 unspecified atom stereocenters. The first-order valence-electron chi connectivity index (χ1n) is 31.5. The van der Waals surface area contributed by atoms with E-state index in [1.165, 1.54) is 263 Å². The zero-order valence-electron chi connectivity index (χ0n) is 48.5. The predicted molar refractivity (Wildman–Crippen MR) is 307 cm³/mol. The summed E-state index contributed by atoms with van der Waals surface area (Å²) in [7, 11) is 1.32.